The number of anilines is 1. The first kappa shape index (κ1) is 19.5. The van der Waals surface area contributed by atoms with Gasteiger partial charge in [0.15, 0.2) is 0 Å². The molecule has 5 N–H and O–H groups in total. The number of nitrogens with zero attached hydrogens (tertiary/aromatic N) is 1. The molecule has 3 rings (SSSR count). The zero-order valence-electron chi connectivity index (χ0n) is 15.8. The molecule has 2 amide bonds. The normalized spacial score (nSPS) is 10.9. The van der Waals surface area contributed by atoms with Gasteiger partial charge in [0.05, 0.1) is 5.56 Å². The van der Waals surface area contributed by atoms with Gasteiger partial charge in [-0.25, -0.2) is 4.79 Å². The number of carbonyl (C=O) groups excluding carboxylic acids is 1. The van der Waals surface area contributed by atoms with Gasteiger partial charge in [-0.2, -0.15) is 0 Å². The molecule has 0 aliphatic carbocycles. The molecule has 0 atom stereocenters. The molecule has 7 nitrogen and oxygen atoms in total. The van der Waals surface area contributed by atoms with Gasteiger partial charge in [-0.15, -0.1) is 0 Å². The number of urea groups is 1. The van der Waals surface area contributed by atoms with Crippen LogP contribution >= 0.6 is 12.2 Å². The number of phenols is 2. The number of carbonyl (C=O) groups is 1. The fourth-order valence-electron chi connectivity index (χ4n) is 2.94. The van der Waals surface area contributed by atoms with Gasteiger partial charge in [0.25, 0.3) is 0 Å². The van der Waals surface area contributed by atoms with Gasteiger partial charge in [-0.1, -0.05) is 26.1 Å². The third-order valence-corrected chi connectivity index (χ3v) is 4.77. The number of hydrazine groups is 1. The minimum absolute atomic E-state index is 0.000978. The number of thiocarbonyl (C=S) groups is 1. The van der Waals surface area contributed by atoms with Gasteiger partial charge in [-0.05, 0) is 41.8 Å². The molecule has 0 unspecified atom stereocenters. The highest BCUT2D eigenvalue weighted by atomic mass is 32.1. The van der Waals surface area contributed by atoms with E-state index in [4.69, 9.17) is 12.2 Å². The molecule has 2 aromatic carbocycles. The van der Waals surface area contributed by atoms with Crippen LogP contribution in [0.1, 0.15) is 30.9 Å². The van der Waals surface area contributed by atoms with Crippen molar-refractivity contribution in [2.24, 2.45) is 7.05 Å². The number of aromatic hydroxyl groups is 2. The molecule has 146 valence electrons. The molecule has 0 fully saturated rings. The van der Waals surface area contributed by atoms with Crippen molar-refractivity contribution < 1.29 is 15.0 Å². The van der Waals surface area contributed by atoms with Crippen LogP contribution in [-0.2, 0) is 7.05 Å². The predicted molar refractivity (Wildman–Crippen MR) is 114 cm³/mol. The smallest absolute Gasteiger partial charge is 0.337 e. The molecule has 0 aliphatic heterocycles. The second-order valence-corrected chi connectivity index (χ2v) is 7.22. The Bertz CT molecular complexity index is 1060. The van der Waals surface area contributed by atoms with Gasteiger partial charge in [-0.3, -0.25) is 10.9 Å². The van der Waals surface area contributed by atoms with E-state index in [-0.39, 0.29) is 22.4 Å². The molecule has 0 bridgehead atoms. The summed E-state index contributed by atoms with van der Waals surface area (Å²) in [6.07, 6.45) is 1.95. The summed E-state index contributed by atoms with van der Waals surface area (Å²) in [6, 6.07) is 9.91. The molecule has 0 radical (unpaired) electrons. The minimum Gasteiger partial charge on any atom is -0.508 e. The van der Waals surface area contributed by atoms with E-state index in [1.807, 2.05) is 49.9 Å². The SMILES string of the molecule is CC(C)c1cc(C(=S)NNC(=O)Nc2ccc3c(ccn3C)c2)c(O)cc1O. The Morgan fingerprint density at radius 1 is 1.07 bits per heavy atom. The number of aromatic nitrogens is 1. The minimum atomic E-state index is -0.500. The third kappa shape index (κ3) is 4.01. The first-order valence-electron chi connectivity index (χ1n) is 8.74. The lowest BCUT2D eigenvalue weighted by molar-refractivity contribution is 0.250. The number of hydrogen-bond acceptors (Lipinski definition) is 4. The Morgan fingerprint density at radius 2 is 1.82 bits per heavy atom. The van der Waals surface area contributed by atoms with E-state index in [2.05, 4.69) is 16.2 Å². The summed E-state index contributed by atoms with van der Waals surface area (Å²) in [5, 5.41) is 23.7. The number of hydrogen-bond donors (Lipinski definition) is 5. The number of amides is 2. The van der Waals surface area contributed by atoms with Crippen LogP contribution in [0, 0.1) is 0 Å². The molecule has 0 spiro atoms. The van der Waals surface area contributed by atoms with Crippen molar-refractivity contribution in [1.82, 2.24) is 15.4 Å². The van der Waals surface area contributed by atoms with Crippen LogP contribution in [0.25, 0.3) is 10.9 Å². The molecule has 1 heterocycles. The monoisotopic (exact) mass is 398 g/mol. The van der Waals surface area contributed by atoms with E-state index < -0.39 is 6.03 Å². The predicted octanol–water partition coefficient (Wildman–Crippen LogP) is 3.71. The molecule has 0 aliphatic rings. The van der Waals surface area contributed by atoms with Crippen LogP contribution < -0.4 is 16.2 Å². The van der Waals surface area contributed by atoms with Gasteiger partial charge in [0, 0.05) is 35.9 Å². The van der Waals surface area contributed by atoms with Crippen molar-refractivity contribution in [2.45, 2.75) is 19.8 Å². The molecular formula is C20H22N4O3S. The van der Waals surface area contributed by atoms with E-state index in [0.717, 1.165) is 10.9 Å². The lowest BCUT2D eigenvalue weighted by Gasteiger charge is -2.15. The lowest BCUT2D eigenvalue weighted by Crippen LogP contribution is -2.43. The van der Waals surface area contributed by atoms with Crippen LogP contribution in [0.4, 0.5) is 10.5 Å². The summed E-state index contributed by atoms with van der Waals surface area (Å²) in [5.74, 6) is -0.122. The molecule has 8 heteroatoms. The number of fused-ring (bicyclic) bond motifs is 1. The maximum absolute atomic E-state index is 12.2. The van der Waals surface area contributed by atoms with E-state index >= 15 is 0 Å². The number of aryl methyl sites for hydroxylation is 1. The standard InChI is InChI=1S/C20H22N4O3S/c1-11(2)14-9-15(18(26)10-17(14)25)19(28)22-23-20(27)21-13-4-5-16-12(8-13)6-7-24(16)3/h4-11,25-26H,1-3H3,(H,22,28)(H2,21,23,27). The average Bonchev–Trinajstić information content (AvgIpc) is 3.00. The van der Waals surface area contributed by atoms with E-state index in [1.54, 1.807) is 12.1 Å². The van der Waals surface area contributed by atoms with Crippen molar-refractivity contribution in [2.75, 3.05) is 5.32 Å². The van der Waals surface area contributed by atoms with Gasteiger partial charge in [0.1, 0.15) is 16.5 Å². The first-order chi connectivity index (χ1) is 13.3. The molecule has 3 aromatic rings. The number of benzene rings is 2. The fourth-order valence-corrected chi connectivity index (χ4v) is 3.16. The summed E-state index contributed by atoms with van der Waals surface area (Å²) in [7, 11) is 1.95. The van der Waals surface area contributed by atoms with Crippen molar-refractivity contribution >= 4 is 39.8 Å². The van der Waals surface area contributed by atoms with Crippen LogP contribution in [0.2, 0.25) is 0 Å². The second kappa shape index (κ2) is 7.77. The zero-order chi connectivity index (χ0) is 20.4. The van der Waals surface area contributed by atoms with Gasteiger partial charge < -0.3 is 20.1 Å². The summed E-state index contributed by atoms with van der Waals surface area (Å²) in [4.78, 5) is 12.3. The number of nitrogens with one attached hydrogen (secondary N) is 3. The highest BCUT2D eigenvalue weighted by Crippen LogP contribution is 2.32. The van der Waals surface area contributed by atoms with Crippen molar-refractivity contribution in [1.29, 1.82) is 0 Å². The molecule has 28 heavy (non-hydrogen) atoms. The van der Waals surface area contributed by atoms with Crippen molar-refractivity contribution in [3.05, 3.63) is 53.7 Å². The van der Waals surface area contributed by atoms with Crippen LogP contribution in [0.15, 0.2) is 42.6 Å². The number of rotatable bonds is 3. The average molecular weight is 398 g/mol. The number of phenolic OH excluding ortho intramolecular Hbond substituents is 2. The quantitative estimate of drug-likeness (QED) is 0.342. The summed E-state index contributed by atoms with van der Waals surface area (Å²) in [5.41, 5.74) is 7.74. The van der Waals surface area contributed by atoms with Crippen molar-refractivity contribution in [3.63, 3.8) is 0 Å². The van der Waals surface area contributed by atoms with E-state index in [9.17, 15) is 15.0 Å². The van der Waals surface area contributed by atoms with Gasteiger partial charge in [0.2, 0.25) is 0 Å². The Kier molecular flexibility index (Phi) is 5.41. The summed E-state index contributed by atoms with van der Waals surface area (Å²) < 4.78 is 1.99. The largest absolute Gasteiger partial charge is 0.508 e. The highest BCUT2D eigenvalue weighted by Gasteiger charge is 2.15. The van der Waals surface area contributed by atoms with Crippen molar-refractivity contribution in [3.8, 4) is 11.5 Å². The Morgan fingerprint density at radius 3 is 2.54 bits per heavy atom. The maximum Gasteiger partial charge on any atom is 0.337 e. The molecule has 0 saturated heterocycles. The molecular weight excluding hydrogens is 376 g/mol. The van der Waals surface area contributed by atoms with E-state index in [1.165, 1.54) is 6.07 Å². The van der Waals surface area contributed by atoms with Crippen LogP contribution in [-0.4, -0.2) is 25.8 Å². The van der Waals surface area contributed by atoms with Gasteiger partial charge >= 0.3 is 6.03 Å². The highest BCUT2D eigenvalue weighted by molar-refractivity contribution is 7.80. The maximum atomic E-state index is 12.2. The van der Waals surface area contributed by atoms with Crippen LogP contribution in [0.5, 0.6) is 11.5 Å². The second-order valence-electron chi connectivity index (χ2n) is 6.82. The van der Waals surface area contributed by atoms with E-state index in [0.29, 0.717) is 16.8 Å². The Hall–Kier alpha value is -3.26. The Balaban J connectivity index is 1.65. The topological polar surface area (TPSA) is 98.5 Å². The first-order valence-corrected chi connectivity index (χ1v) is 9.15. The lowest BCUT2D eigenvalue weighted by atomic mass is 9.99. The fraction of sp³-hybridized carbons (Fsp3) is 0.200. The third-order valence-electron chi connectivity index (χ3n) is 4.44. The molecule has 1 aromatic heterocycles. The van der Waals surface area contributed by atoms with Crippen LogP contribution in [0.3, 0.4) is 0 Å². The Labute approximate surface area is 168 Å². The summed E-state index contributed by atoms with van der Waals surface area (Å²) >= 11 is 5.25. The summed E-state index contributed by atoms with van der Waals surface area (Å²) in [6.45, 7) is 3.84. The zero-order valence-corrected chi connectivity index (χ0v) is 16.6. The molecule has 0 saturated carbocycles.